The quantitative estimate of drug-likeness (QED) is 0.911. The third-order valence-electron chi connectivity index (χ3n) is 3.90. The Morgan fingerprint density at radius 3 is 2.86 bits per heavy atom. The third-order valence-corrected chi connectivity index (χ3v) is 5.81. The molecular weight excluding hydrogens is 288 g/mol. The first-order valence-electron chi connectivity index (χ1n) is 6.94. The average molecular weight is 306 g/mol. The number of fused-ring (bicyclic) bond motifs is 1. The maximum atomic E-state index is 12.9. The van der Waals surface area contributed by atoms with Crippen LogP contribution in [0.1, 0.15) is 24.6 Å². The van der Waals surface area contributed by atoms with Gasteiger partial charge >= 0.3 is 0 Å². The van der Waals surface area contributed by atoms with Crippen LogP contribution in [0.2, 0.25) is 0 Å². The Hall–Kier alpha value is -1.79. The Bertz CT molecular complexity index is 752. The molecule has 5 nitrogen and oxygen atoms in total. The number of anilines is 1. The normalized spacial score (nSPS) is 18.6. The van der Waals surface area contributed by atoms with Crippen molar-refractivity contribution in [3.8, 4) is 0 Å². The molecule has 3 rings (SSSR count). The molecule has 0 saturated carbocycles. The van der Waals surface area contributed by atoms with Crippen LogP contribution in [0.4, 0.5) is 5.69 Å². The van der Waals surface area contributed by atoms with Crippen molar-refractivity contribution < 1.29 is 13.5 Å². The minimum atomic E-state index is -3.62. The molecule has 21 heavy (non-hydrogen) atoms. The van der Waals surface area contributed by atoms with Crippen molar-refractivity contribution in [1.29, 1.82) is 0 Å². The number of hydrogen-bond acceptors (Lipinski definition) is 3. The fourth-order valence-electron chi connectivity index (χ4n) is 2.80. The molecule has 1 aliphatic rings. The molecule has 1 aromatic heterocycles. The summed E-state index contributed by atoms with van der Waals surface area (Å²) >= 11 is 0. The van der Waals surface area contributed by atoms with Crippen LogP contribution < -0.4 is 4.31 Å². The van der Waals surface area contributed by atoms with Crippen LogP contribution in [0, 0.1) is 0 Å². The first-order chi connectivity index (χ1) is 10.0. The van der Waals surface area contributed by atoms with Gasteiger partial charge in [0.2, 0.25) is 0 Å². The number of H-pyrrole nitrogens is 1. The molecule has 112 valence electrons. The summed E-state index contributed by atoms with van der Waals surface area (Å²) < 4.78 is 27.3. The number of benzene rings is 1. The highest BCUT2D eigenvalue weighted by Gasteiger charge is 2.34. The molecule has 1 atom stereocenters. The Morgan fingerprint density at radius 1 is 1.38 bits per heavy atom. The summed E-state index contributed by atoms with van der Waals surface area (Å²) in [5.74, 6) is 0. The molecule has 2 aromatic rings. The predicted octanol–water partition coefficient (Wildman–Crippen LogP) is 2.04. The van der Waals surface area contributed by atoms with Gasteiger partial charge in [-0.05, 0) is 37.5 Å². The molecule has 2 N–H and O–H groups in total. The van der Waals surface area contributed by atoms with Crippen molar-refractivity contribution in [3.05, 3.63) is 47.8 Å². The van der Waals surface area contributed by atoms with Crippen molar-refractivity contribution in [2.75, 3.05) is 4.31 Å². The molecule has 0 amide bonds. The largest absolute Gasteiger partial charge is 0.390 e. The summed E-state index contributed by atoms with van der Waals surface area (Å²) in [6.07, 6.45) is 3.12. The highest BCUT2D eigenvalue weighted by Crippen LogP contribution is 2.35. The molecule has 0 bridgehead atoms. The van der Waals surface area contributed by atoms with E-state index in [1.807, 2.05) is 31.2 Å². The van der Waals surface area contributed by atoms with E-state index in [1.54, 1.807) is 0 Å². The molecule has 0 radical (unpaired) electrons. The Balaban J connectivity index is 2.09. The lowest BCUT2D eigenvalue weighted by molar-refractivity contribution is 0.277. The SMILES string of the molecule is CC1CCc2ccccc2N1S(=O)(=O)c1c[nH]c(CO)c1. The fraction of sp³-hybridized carbons (Fsp3) is 0.333. The van der Waals surface area contributed by atoms with E-state index in [9.17, 15) is 8.42 Å². The topological polar surface area (TPSA) is 73.4 Å². The van der Waals surface area contributed by atoms with Crippen LogP contribution >= 0.6 is 0 Å². The maximum Gasteiger partial charge on any atom is 0.266 e. The van der Waals surface area contributed by atoms with Gasteiger partial charge in [0, 0.05) is 17.9 Å². The standard InChI is InChI=1S/C15H18N2O3S/c1-11-6-7-12-4-2-3-5-15(12)17(11)21(19,20)14-8-13(10-18)16-9-14/h2-5,8-9,11,16,18H,6-7,10H2,1H3. The number of aromatic nitrogens is 1. The number of hydrogen-bond donors (Lipinski definition) is 2. The lowest BCUT2D eigenvalue weighted by Gasteiger charge is -2.35. The van der Waals surface area contributed by atoms with Crippen LogP contribution in [0.5, 0.6) is 0 Å². The zero-order valence-corrected chi connectivity index (χ0v) is 12.6. The predicted molar refractivity (Wildman–Crippen MR) is 80.6 cm³/mol. The number of para-hydroxylation sites is 1. The number of sulfonamides is 1. The molecule has 0 fully saturated rings. The first-order valence-corrected chi connectivity index (χ1v) is 8.38. The summed E-state index contributed by atoms with van der Waals surface area (Å²) in [6, 6.07) is 9.01. The summed E-state index contributed by atoms with van der Waals surface area (Å²) in [5, 5.41) is 9.10. The highest BCUT2D eigenvalue weighted by atomic mass is 32.2. The van der Waals surface area contributed by atoms with Gasteiger partial charge in [-0.3, -0.25) is 4.31 Å². The smallest absolute Gasteiger partial charge is 0.266 e. The zero-order valence-electron chi connectivity index (χ0n) is 11.8. The second kappa shape index (κ2) is 5.20. The molecule has 2 heterocycles. The number of nitrogens with zero attached hydrogens (tertiary/aromatic N) is 1. The van der Waals surface area contributed by atoms with Crippen LogP contribution in [0.3, 0.4) is 0 Å². The van der Waals surface area contributed by atoms with E-state index in [-0.39, 0.29) is 17.5 Å². The molecule has 1 unspecified atom stereocenters. The van der Waals surface area contributed by atoms with Gasteiger partial charge in [-0.2, -0.15) is 0 Å². The van der Waals surface area contributed by atoms with Crippen molar-refractivity contribution in [3.63, 3.8) is 0 Å². The lowest BCUT2D eigenvalue weighted by atomic mass is 9.99. The van der Waals surface area contributed by atoms with Gasteiger partial charge in [-0.15, -0.1) is 0 Å². The number of aliphatic hydroxyl groups excluding tert-OH is 1. The maximum absolute atomic E-state index is 12.9. The number of rotatable bonds is 3. The van der Waals surface area contributed by atoms with E-state index < -0.39 is 10.0 Å². The monoisotopic (exact) mass is 306 g/mol. The molecular formula is C15H18N2O3S. The molecule has 1 aromatic carbocycles. The minimum absolute atomic E-state index is 0.0858. The molecule has 0 aliphatic carbocycles. The van der Waals surface area contributed by atoms with Gasteiger partial charge in [0.15, 0.2) is 0 Å². The molecule has 0 saturated heterocycles. The van der Waals surface area contributed by atoms with Gasteiger partial charge in [0.1, 0.15) is 4.90 Å². The summed E-state index contributed by atoms with van der Waals surface area (Å²) in [7, 11) is -3.62. The van der Waals surface area contributed by atoms with Crippen molar-refractivity contribution in [2.24, 2.45) is 0 Å². The Labute approximate surface area is 124 Å². The Kier molecular flexibility index (Phi) is 3.51. The summed E-state index contributed by atoms with van der Waals surface area (Å²) in [6.45, 7) is 1.72. The lowest BCUT2D eigenvalue weighted by Crippen LogP contribution is -2.41. The van der Waals surface area contributed by atoms with E-state index in [1.165, 1.54) is 16.6 Å². The number of aromatic amines is 1. The summed E-state index contributed by atoms with van der Waals surface area (Å²) in [4.78, 5) is 2.97. The van der Waals surface area contributed by atoms with Gasteiger partial charge in [-0.1, -0.05) is 18.2 Å². The van der Waals surface area contributed by atoms with Gasteiger partial charge < -0.3 is 10.1 Å². The number of aryl methyl sites for hydroxylation is 1. The van der Waals surface area contributed by atoms with E-state index in [2.05, 4.69) is 4.98 Å². The van der Waals surface area contributed by atoms with Crippen LogP contribution in [0.15, 0.2) is 41.4 Å². The zero-order chi connectivity index (χ0) is 15.0. The minimum Gasteiger partial charge on any atom is -0.390 e. The second-order valence-corrected chi connectivity index (χ2v) is 7.15. The van der Waals surface area contributed by atoms with Gasteiger partial charge in [0.25, 0.3) is 10.0 Å². The van der Waals surface area contributed by atoms with Gasteiger partial charge in [0.05, 0.1) is 12.3 Å². The second-order valence-electron chi connectivity index (χ2n) is 5.34. The molecule has 6 heteroatoms. The van der Waals surface area contributed by atoms with Crippen LogP contribution in [-0.2, 0) is 23.1 Å². The number of aliphatic hydroxyl groups is 1. The van der Waals surface area contributed by atoms with E-state index in [4.69, 9.17) is 5.11 Å². The number of nitrogens with one attached hydrogen (secondary N) is 1. The van der Waals surface area contributed by atoms with E-state index in [0.29, 0.717) is 5.69 Å². The van der Waals surface area contributed by atoms with Crippen molar-refractivity contribution >= 4 is 15.7 Å². The van der Waals surface area contributed by atoms with Crippen molar-refractivity contribution in [1.82, 2.24) is 4.98 Å². The average Bonchev–Trinajstić information content (AvgIpc) is 2.96. The highest BCUT2D eigenvalue weighted by molar-refractivity contribution is 7.92. The third kappa shape index (κ3) is 2.34. The Morgan fingerprint density at radius 2 is 2.14 bits per heavy atom. The van der Waals surface area contributed by atoms with E-state index >= 15 is 0 Å². The molecule has 0 spiro atoms. The first kappa shape index (κ1) is 14.2. The fourth-order valence-corrected chi connectivity index (χ4v) is 4.54. The molecule has 1 aliphatic heterocycles. The van der Waals surface area contributed by atoms with Crippen LogP contribution in [-0.4, -0.2) is 24.6 Å². The summed E-state index contributed by atoms with van der Waals surface area (Å²) in [5.41, 5.74) is 2.30. The van der Waals surface area contributed by atoms with E-state index in [0.717, 1.165) is 24.1 Å². The van der Waals surface area contributed by atoms with Crippen molar-refractivity contribution in [2.45, 2.75) is 37.3 Å². The van der Waals surface area contributed by atoms with Gasteiger partial charge in [-0.25, -0.2) is 8.42 Å². The van der Waals surface area contributed by atoms with Crippen LogP contribution in [0.25, 0.3) is 0 Å².